The van der Waals surface area contributed by atoms with Crippen molar-refractivity contribution in [3.63, 3.8) is 0 Å². The molecule has 0 bridgehead atoms. The number of benzene rings is 2. The third-order valence-corrected chi connectivity index (χ3v) is 4.78. The smallest absolute Gasteiger partial charge is 0.342 e. The zero-order chi connectivity index (χ0) is 17.0. The van der Waals surface area contributed by atoms with E-state index in [1.54, 1.807) is 31.9 Å². The first-order valence-electron chi connectivity index (χ1n) is 7.30. The van der Waals surface area contributed by atoms with E-state index in [1.807, 2.05) is 38.1 Å². The Hall–Kier alpha value is -2.14. The van der Waals surface area contributed by atoms with Crippen molar-refractivity contribution in [2.45, 2.75) is 30.6 Å². The lowest BCUT2D eigenvalue weighted by Gasteiger charge is -2.15. The van der Waals surface area contributed by atoms with Crippen molar-refractivity contribution >= 4 is 17.7 Å². The number of hydrogen-bond acceptors (Lipinski definition) is 5. The summed E-state index contributed by atoms with van der Waals surface area (Å²) in [7, 11) is 1.63. The van der Waals surface area contributed by atoms with Crippen LogP contribution in [0.1, 0.15) is 28.4 Å². The maximum Gasteiger partial charge on any atom is 0.342 e. The second-order valence-electron chi connectivity index (χ2n) is 5.04. The molecule has 2 aromatic carbocycles. The van der Waals surface area contributed by atoms with Crippen molar-refractivity contribution in [1.29, 1.82) is 0 Å². The second-order valence-corrected chi connectivity index (χ2v) is 6.12. The summed E-state index contributed by atoms with van der Waals surface area (Å²) in [5.74, 6) is 0.248. The van der Waals surface area contributed by atoms with Gasteiger partial charge >= 0.3 is 5.97 Å². The van der Waals surface area contributed by atoms with Crippen molar-refractivity contribution in [3.05, 3.63) is 47.0 Å². The zero-order valence-corrected chi connectivity index (χ0v) is 14.5. The van der Waals surface area contributed by atoms with Gasteiger partial charge in [0.2, 0.25) is 0 Å². The van der Waals surface area contributed by atoms with Gasteiger partial charge in [-0.05, 0) is 62.2 Å². The number of carbonyl (C=O) groups is 1. The second kappa shape index (κ2) is 7.42. The van der Waals surface area contributed by atoms with Gasteiger partial charge in [-0.3, -0.25) is 0 Å². The number of phenolic OH excluding ortho intramolecular Hbond substituents is 1. The summed E-state index contributed by atoms with van der Waals surface area (Å²) in [6, 6.07) is 9.29. The van der Waals surface area contributed by atoms with E-state index >= 15 is 0 Å². The first-order chi connectivity index (χ1) is 11.0. The topological polar surface area (TPSA) is 55.8 Å². The Bertz CT molecular complexity index is 708. The summed E-state index contributed by atoms with van der Waals surface area (Å²) in [6.07, 6.45) is 0. The first kappa shape index (κ1) is 17.2. The Morgan fingerprint density at radius 2 is 1.87 bits per heavy atom. The standard InChI is InChI=1S/C18H20O4S/c1-5-22-18(20)16-12(3)17(11(2)10-15(16)19)23-14-8-6-13(21-4)7-9-14/h6-10,19H,5H2,1-4H3. The fourth-order valence-corrected chi connectivity index (χ4v) is 3.31. The minimum Gasteiger partial charge on any atom is -0.507 e. The Balaban J connectivity index is 2.41. The van der Waals surface area contributed by atoms with Gasteiger partial charge in [0, 0.05) is 9.79 Å². The quantitative estimate of drug-likeness (QED) is 0.825. The average Bonchev–Trinajstić information content (AvgIpc) is 2.52. The summed E-state index contributed by atoms with van der Waals surface area (Å²) in [5.41, 5.74) is 1.86. The molecule has 0 saturated heterocycles. The van der Waals surface area contributed by atoms with Crippen LogP contribution in [0.25, 0.3) is 0 Å². The molecule has 4 nitrogen and oxygen atoms in total. The summed E-state index contributed by atoms with van der Waals surface area (Å²) < 4.78 is 10.2. The lowest BCUT2D eigenvalue weighted by Crippen LogP contribution is -2.08. The number of hydrogen-bond donors (Lipinski definition) is 1. The molecular formula is C18H20O4S. The van der Waals surface area contributed by atoms with Gasteiger partial charge in [-0.25, -0.2) is 4.79 Å². The van der Waals surface area contributed by atoms with Gasteiger partial charge in [0.1, 0.15) is 17.1 Å². The highest BCUT2D eigenvalue weighted by Gasteiger charge is 2.20. The van der Waals surface area contributed by atoms with Crippen molar-refractivity contribution in [1.82, 2.24) is 0 Å². The van der Waals surface area contributed by atoms with Crippen LogP contribution >= 0.6 is 11.8 Å². The molecule has 0 aromatic heterocycles. The molecular weight excluding hydrogens is 312 g/mol. The number of carbonyl (C=O) groups excluding carboxylic acids is 1. The van der Waals surface area contributed by atoms with Crippen LogP contribution in [-0.2, 0) is 4.74 Å². The predicted molar refractivity (Wildman–Crippen MR) is 90.7 cm³/mol. The number of aromatic hydroxyl groups is 1. The van der Waals surface area contributed by atoms with Gasteiger partial charge in [-0.15, -0.1) is 0 Å². The van der Waals surface area contributed by atoms with E-state index in [2.05, 4.69) is 0 Å². The normalized spacial score (nSPS) is 10.4. The number of ether oxygens (including phenoxy) is 2. The Morgan fingerprint density at radius 3 is 2.43 bits per heavy atom. The van der Waals surface area contributed by atoms with Crippen LogP contribution in [0.15, 0.2) is 40.1 Å². The van der Waals surface area contributed by atoms with E-state index in [0.29, 0.717) is 0 Å². The average molecular weight is 332 g/mol. The molecule has 0 amide bonds. The third-order valence-electron chi connectivity index (χ3n) is 3.44. The highest BCUT2D eigenvalue weighted by Crippen LogP contribution is 2.38. The third kappa shape index (κ3) is 3.79. The maximum atomic E-state index is 12.1. The molecule has 1 N–H and O–H groups in total. The van der Waals surface area contributed by atoms with E-state index < -0.39 is 5.97 Å². The summed E-state index contributed by atoms with van der Waals surface area (Å²) in [4.78, 5) is 14.0. The Labute approximate surface area is 140 Å². The molecule has 122 valence electrons. The monoisotopic (exact) mass is 332 g/mol. The van der Waals surface area contributed by atoms with Crippen molar-refractivity contribution in [2.24, 2.45) is 0 Å². The van der Waals surface area contributed by atoms with Crippen LogP contribution in [0.4, 0.5) is 0 Å². The van der Waals surface area contributed by atoms with Crippen molar-refractivity contribution < 1.29 is 19.4 Å². The molecule has 0 heterocycles. The number of rotatable bonds is 5. The fraction of sp³-hybridized carbons (Fsp3) is 0.278. The number of esters is 1. The van der Waals surface area contributed by atoms with E-state index in [9.17, 15) is 9.90 Å². The van der Waals surface area contributed by atoms with Gasteiger partial charge in [-0.2, -0.15) is 0 Å². The molecule has 0 saturated carbocycles. The van der Waals surface area contributed by atoms with Crippen molar-refractivity contribution in [2.75, 3.05) is 13.7 Å². The van der Waals surface area contributed by atoms with E-state index in [-0.39, 0.29) is 17.9 Å². The van der Waals surface area contributed by atoms with Crippen LogP contribution in [0.2, 0.25) is 0 Å². The Morgan fingerprint density at radius 1 is 1.22 bits per heavy atom. The lowest BCUT2D eigenvalue weighted by molar-refractivity contribution is 0.0522. The largest absolute Gasteiger partial charge is 0.507 e. The molecule has 2 aromatic rings. The molecule has 2 rings (SSSR count). The summed E-state index contributed by atoms with van der Waals surface area (Å²) >= 11 is 1.54. The molecule has 0 aliphatic heterocycles. The van der Waals surface area contributed by atoms with Gasteiger partial charge < -0.3 is 14.6 Å². The number of phenols is 1. The van der Waals surface area contributed by atoms with E-state index in [1.165, 1.54) is 0 Å². The van der Waals surface area contributed by atoms with E-state index in [0.717, 1.165) is 26.7 Å². The molecule has 23 heavy (non-hydrogen) atoms. The molecule has 0 aliphatic rings. The summed E-state index contributed by atoms with van der Waals surface area (Å²) in [5, 5.41) is 10.1. The SMILES string of the molecule is CCOC(=O)c1c(O)cc(C)c(Sc2ccc(OC)cc2)c1C. The maximum absolute atomic E-state index is 12.1. The lowest BCUT2D eigenvalue weighted by atomic mass is 10.0. The van der Waals surface area contributed by atoms with E-state index in [4.69, 9.17) is 9.47 Å². The minimum atomic E-state index is -0.501. The highest BCUT2D eigenvalue weighted by molar-refractivity contribution is 7.99. The number of methoxy groups -OCH3 is 1. The summed E-state index contributed by atoms with van der Waals surface area (Å²) in [6.45, 7) is 5.75. The Kier molecular flexibility index (Phi) is 5.55. The molecule has 0 aliphatic carbocycles. The fourth-order valence-electron chi connectivity index (χ4n) is 2.32. The van der Waals surface area contributed by atoms with Crippen molar-refractivity contribution in [3.8, 4) is 11.5 Å². The van der Waals surface area contributed by atoms with Crippen LogP contribution in [0.5, 0.6) is 11.5 Å². The van der Waals surface area contributed by atoms with Crippen LogP contribution in [-0.4, -0.2) is 24.8 Å². The minimum absolute atomic E-state index is 0.0440. The van der Waals surface area contributed by atoms with Gasteiger partial charge in [-0.1, -0.05) is 11.8 Å². The molecule has 0 fully saturated rings. The van der Waals surface area contributed by atoms with Gasteiger partial charge in [0.25, 0.3) is 0 Å². The molecule has 5 heteroatoms. The zero-order valence-electron chi connectivity index (χ0n) is 13.7. The molecule has 0 radical (unpaired) electrons. The molecule has 0 spiro atoms. The molecule has 0 unspecified atom stereocenters. The van der Waals surface area contributed by atoms with Gasteiger partial charge in [0.05, 0.1) is 13.7 Å². The van der Waals surface area contributed by atoms with Gasteiger partial charge in [0.15, 0.2) is 0 Å². The first-order valence-corrected chi connectivity index (χ1v) is 8.11. The molecule has 0 atom stereocenters. The van der Waals surface area contributed by atoms with Crippen LogP contribution < -0.4 is 4.74 Å². The van der Waals surface area contributed by atoms with Crippen LogP contribution in [0.3, 0.4) is 0 Å². The highest BCUT2D eigenvalue weighted by atomic mass is 32.2. The number of aryl methyl sites for hydroxylation is 1. The predicted octanol–water partition coefficient (Wildman–Crippen LogP) is 4.35. The van der Waals surface area contributed by atoms with Crippen LogP contribution in [0, 0.1) is 13.8 Å².